The highest BCUT2D eigenvalue weighted by Crippen LogP contribution is 2.22. The first-order chi connectivity index (χ1) is 8.45. The maximum Gasteiger partial charge on any atom is 0.0897 e. The fourth-order valence-corrected chi connectivity index (χ4v) is 3.03. The fraction of sp³-hybridized carbons (Fsp3) is 0.786. The standard InChI is InChI=1S/C14H25N3S/c1-11-16-12(10-18-11)8-17-7-5-6-15-13(9-17)14(2,3)4/h10,13,15H,5-9H2,1-4H3. The molecule has 0 aliphatic carbocycles. The number of nitrogens with one attached hydrogen (secondary N) is 1. The minimum absolute atomic E-state index is 0.320. The molecule has 1 unspecified atom stereocenters. The van der Waals surface area contributed by atoms with E-state index in [1.54, 1.807) is 11.3 Å². The summed E-state index contributed by atoms with van der Waals surface area (Å²) >= 11 is 1.75. The van der Waals surface area contributed by atoms with Crippen molar-refractivity contribution >= 4 is 11.3 Å². The summed E-state index contributed by atoms with van der Waals surface area (Å²) in [4.78, 5) is 7.13. The van der Waals surface area contributed by atoms with Crippen LogP contribution in [-0.4, -0.2) is 35.6 Å². The number of aryl methyl sites for hydroxylation is 1. The van der Waals surface area contributed by atoms with Crippen molar-refractivity contribution in [3.05, 3.63) is 16.1 Å². The Bertz CT molecular complexity index is 381. The molecule has 1 atom stereocenters. The lowest BCUT2D eigenvalue weighted by molar-refractivity contribution is 0.191. The lowest BCUT2D eigenvalue weighted by Gasteiger charge is -2.33. The fourth-order valence-electron chi connectivity index (χ4n) is 2.43. The molecule has 4 heteroatoms. The van der Waals surface area contributed by atoms with Crippen LogP contribution in [0.5, 0.6) is 0 Å². The first-order valence-electron chi connectivity index (χ1n) is 6.82. The highest BCUT2D eigenvalue weighted by atomic mass is 32.1. The summed E-state index contributed by atoms with van der Waals surface area (Å²) in [6.07, 6.45) is 1.23. The topological polar surface area (TPSA) is 28.2 Å². The van der Waals surface area contributed by atoms with Crippen LogP contribution in [0.1, 0.15) is 37.9 Å². The molecular formula is C14H25N3S. The van der Waals surface area contributed by atoms with E-state index in [9.17, 15) is 0 Å². The summed E-state index contributed by atoms with van der Waals surface area (Å²) in [6.45, 7) is 13.5. The highest BCUT2D eigenvalue weighted by molar-refractivity contribution is 7.09. The Balaban J connectivity index is 1.99. The van der Waals surface area contributed by atoms with Gasteiger partial charge in [0.1, 0.15) is 0 Å². The lowest BCUT2D eigenvalue weighted by atomic mass is 9.86. The summed E-state index contributed by atoms with van der Waals surface area (Å²) in [5.41, 5.74) is 1.55. The van der Waals surface area contributed by atoms with Gasteiger partial charge in [-0.2, -0.15) is 0 Å². The van der Waals surface area contributed by atoms with Gasteiger partial charge >= 0.3 is 0 Å². The second-order valence-corrected chi connectivity index (χ2v) is 7.38. The Morgan fingerprint density at radius 2 is 2.28 bits per heavy atom. The van der Waals surface area contributed by atoms with Crippen LogP contribution in [0.2, 0.25) is 0 Å². The van der Waals surface area contributed by atoms with Crippen molar-refractivity contribution in [3.8, 4) is 0 Å². The SMILES string of the molecule is Cc1nc(CN2CCCNC(C(C)(C)C)C2)cs1. The smallest absolute Gasteiger partial charge is 0.0897 e. The quantitative estimate of drug-likeness (QED) is 0.893. The number of thiazole rings is 1. The van der Waals surface area contributed by atoms with Crippen molar-refractivity contribution < 1.29 is 0 Å². The van der Waals surface area contributed by atoms with Crippen molar-refractivity contribution in [1.82, 2.24) is 15.2 Å². The number of rotatable bonds is 2. The van der Waals surface area contributed by atoms with E-state index in [2.05, 4.69) is 48.3 Å². The molecule has 1 N–H and O–H groups in total. The van der Waals surface area contributed by atoms with Crippen molar-refractivity contribution in [2.24, 2.45) is 5.41 Å². The van der Waals surface area contributed by atoms with Gasteiger partial charge in [0.25, 0.3) is 0 Å². The number of hydrogen-bond acceptors (Lipinski definition) is 4. The van der Waals surface area contributed by atoms with E-state index in [4.69, 9.17) is 0 Å². The molecule has 1 aromatic rings. The average Bonchev–Trinajstić information content (AvgIpc) is 2.53. The Morgan fingerprint density at radius 3 is 2.89 bits per heavy atom. The van der Waals surface area contributed by atoms with E-state index in [-0.39, 0.29) is 0 Å². The number of hydrogen-bond donors (Lipinski definition) is 1. The molecule has 2 rings (SSSR count). The lowest BCUT2D eigenvalue weighted by Crippen LogP contribution is -2.46. The van der Waals surface area contributed by atoms with E-state index in [0.717, 1.165) is 19.6 Å². The van der Waals surface area contributed by atoms with E-state index >= 15 is 0 Å². The van der Waals surface area contributed by atoms with Crippen LogP contribution in [0, 0.1) is 12.3 Å². The van der Waals surface area contributed by atoms with Crippen LogP contribution in [0.15, 0.2) is 5.38 Å². The van der Waals surface area contributed by atoms with Crippen molar-refractivity contribution in [1.29, 1.82) is 0 Å². The number of aromatic nitrogens is 1. The number of nitrogens with zero attached hydrogens (tertiary/aromatic N) is 2. The molecule has 1 aliphatic heterocycles. The molecule has 2 heterocycles. The van der Waals surface area contributed by atoms with Crippen LogP contribution in [0.4, 0.5) is 0 Å². The predicted octanol–water partition coefficient (Wildman–Crippen LogP) is 2.66. The third kappa shape index (κ3) is 3.77. The van der Waals surface area contributed by atoms with Crippen molar-refractivity contribution in [3.63, 3.8) is 0 Å². The summed E-state index contributed by atoms with van der Waals surface area (Å²) in [7, 11) is 0. The van der Waals surface area contributed by atoms with Gasteiger partial charge in [0, 0.05) is 24.5 Å². The van der Waals surface area contributed by atoms with Crippen LogP contribution in [0.3, 0.4) is 0 Å². The third-order valence-corrected chi connectivity index (χ3v) is 4.40. The zero-order valence-corrected chi connectivity index (χ0v) is 12.8. The van der Waals surface area contributed by atoms with Gasteiger partial charge in [-0.1, -0.05) is 20.8 Å². The van der Waals surface area contributed by atoms with E-state index < -0.39 is 0 Å². The molecule has 1 aromatic heterocycles. The third-order valence-electron chi connectivity index (χ3n) is 3.58. The minimum atomic E-state index is 0.320. The average molecular weight is 267 g/mol. The van der Waals surface area contributed by atoms with Gasteiger partial charge in [-0.15, -0.1) is 11.3 Å². The molecule has 1 saturated heterocycles. The zero-order valence-electron chi connectivity index (χ0n) is 12.0. The Kier molecular flexibility index (Phi) is 4.41. The molecule has 0 spiro atoms. The van der Waals surface area contributed by atoms with Crippen LogP contribution in [-0.2, 0) is 6.54 Å². The summed E-state index contributed by atoms with van der Waals surface area (Å²) < 4.78 is 0. The van der Waals surface area contributed by atoms with Gasteiger partial charge in [-0.25, -0.2) is 4.98 Å². The molecular weight excluding hydrogens is 242 g/mol. The maximum absolute atomic E-state index is 4.58. The van der Waals surface area contributed by atoms with Gasteiger partial charge < -0.3 is 5.32 Å². The normalized spacial score (nSPS) is 23.0. The van der Waals surface area contributed by atoms with Crippen LogP contribution in [0.25, 0.3) is 0 Å². The molecule has 0 bridgehead atoms. The summed E-state index contributed by atoms with van der Waals surface area (Å²) in [5.74, 6) is 0. The van der Waals surface area contributed by atoms with E-state index in [0.29, 0.717) is 11.5 Å². The van der Waals surface area contributed by atoms with Gasteiger partial charge in [0.05, 0.1) is 10.7 Å². The molecule has 102 valence electrons. The molecule has 0 radical (unpaired) electrons. The predicted molar refractivity (Wildman–Crippen MR) is 78.0 cm³/mol. The largest absolute Gasteiger partial charge is 0.312 e. The Labute approximate surface area is 115 Å². The van der Waals surface area contributed by atoms with E-state index in [1.165, 1.54) is 23.7 Å². The highest BCUT2D eigenvalue weighted by Gasteiger charge is 2.28. The van der Waals surface area contributed by atoms with Crippen molar-refractivity contribution in [2.45, 2.75) is 46.7 Å². The first-order valence-corrected chi connectivity index (χ1v) is 7.70. The molecule has 3 nitrogen and oxygen atoms in total. The molecule has 0 aromatic carbocycles. The van der Waals surface area contributed by atoms with Crippen molar-refractivity contribution in [2.75, 3.05) is 19.6 Å². The van der Waals surface area contributed by atoms with Crippen LogP contribution < -0.4 is 5.32 Å². The summed E-state index contributed by atoms with van der Waals surface area (Å²) in [5, 5.41) is 7.05. The minimum Gasteiger partial charge on any atom is -0.312 e. The Hall–Kier alpha value is -0.450. The Morgan fingerprint density at radius 1 is 1.50 bits per heavy atom. The van der Waals surface area contributed by atoms with Gasteiger partial charge in [-0.3, -0.25) is 4.90 Å². The summed E-state index contributed by atoms with van der Waals surface area (Å²) in [6, 6.07) is 0.569. The maximum atomic E-state index is 4.58. The van der Waals surface area contributed by atoms with Crippen LogP contribution >= 0.6 is 11.3 Å². The molecule has 18 heavy (non-hydrogen) atoms. The molecule has 1 aliphatic rings. The van der Waals surface area contributed by atoms with Gasteiger partial charge in [-0.05, 0) is 31.8 Å². The van der Waals surface area contributed by atoms with Gasteiger partial charge in [0.15, 0.2) is 0 Å². The monoisotopic (exact) mass is 267 g/mol. The molecule has 0 saturated carbocycles. The molecule has 0 amide bonds. The second kappa shape index (κ2) is 5.68. The second-order valence-electron chi connectivity index (χ2n) is 6.32. The zero-order chi connectivity index (χ0) is 13.2. The van der Waals surface area contributed by atoms with Gasteiger partial charge in [0.2, 0.25) is 0 Å². The van der Waals surface area contributed by atoms with E-state index in [1.807, 2.05) is 0 Å². The first kappa shape index (κ1) is 14.0. The molecule has 1 fully saturated rings.